The molecule has 2 rings (SSSR count). The predicted molar refractivity (Wildman–Crippen MR) is 87.3 cm³/mol. The lowest BCUT2D eigenvalue weighted by Crippen LogP contribution is -2.63. The van der Waals surface area contributed by atoms with E-state index < -0.39 is 80.6 Å². The summed E-state index contributed by atoms with van der Waals surface area (Å²) >= 11 is 0. The van der Waals surface area contributed by atoms with Crippen LogP contribution in [-0.2, 0) is 23.7 Å². The molecule has 2 fully saturated rings. The minimum atomic E-state index is -2.28. The number of hydrogen-bond donors (Lipinski definition) is 7. The second-order valence-electron chi connectivity index (χ2n) is 6.72. The molecule has 2 heterocycles. The quantitative estimate of drug-likeness (QED) is 0.158. The Balaban J connectivity index is 2.19. The lowest BCUT2D eigenvalue weighted by molar-refractivity contribution is -0.383. The van der Waals surface area contributed by atoms with Gasteiger partial charge in [-0.05, 0) is 6.92 Å². The predicted octanol–water partition coefficient (Wildman–Crippen LogP) is -4.27. The summed E-state index contributed by atoms with van der Waals surface area (Å²) < 4.78 is 20.8. The summed E-state index contributed by atoms with van der Waals surface area (Å²) in [5.74, 6) is -3.16. The van der Waals surface area contributed by atoms with E-state index in [0.29, 0.717) is 0 Å². The van der Waals surface area contributed by atoms with Gasteiger partial charge >= 0.3 is 5.97 Å². The van der Waals surface area contributed by atoms with E-state index in [9.17, 15) is 40.5 Å². The van der Waals surface area contributed by atoms with Gasteiger partial charge in [-0.3, -0.25) is 0 Å². The maximum atomic E-state index is 11.7. The van der Waals surface area contributed by atoms with E-state index in [1.165, 1.54) is 6.92 Å². The molecule has 7 N–H and O–H groups in total. The fourth-order valence-electron chi connectivity index (χ4n) is 2.99. The van der Waals surface area contributed by atoms with Crippen LogP contribution in [0.5, 0.6) is 0 Å². The highest BCUT2D eigenvalue weighted by molar-refractivity contribution is 5.87. The maximum absolute atomic E-state index is 11.7. The largest absolute Gasteiger partial charge is 0.453 e. The zero-order valence-corrected chi connectivity index (χ0v) is 15.1. The standard InChI is InChI=1S/C16H26O12/c1-6(2)14(24)26-12-8(4-18)25-15(11(22)10(12)21)28-16(5-19)13(23)9(20)7(3-17)27-16/h7-13,15,17-23H,1,3-5H2,2H3/t7-,8-,9-,10-,11-,12-,13+,15-,16?/m1/s1. The van der Waals surface area contributed by atoms with Gasteiger partial charge in [-0.25, -0.2) is 4.79 Å². The van der Waals surface area contributed by atoms with E-state index in [2.05, 4.69) is 6.58 Å². The molecule has 162 valence electrons. The lowest BCUT2D eigenvalue weighted by atomic mass is 9.98. The van der Waals surface area contributed by atoms with Crippen LogP contribution in [0.3, 0.4) is 0 Å². The fourth-order valence-corrected chi connectivity index (χ4v) is 2.99. The highest BCUT2D eigenvalue weighted by Gasteiger charge is 2.58. The summed E-state index contributed by atoms with van der Waals surface area (Å²) in [6, 6.07) is 0. The molecule has 2 saturated heterocycles. The fraction of sp³-hybridized carbons (Fsp3) is 0.812. The van der Waals surface area contributed by atoms with Gasteiger partial charge in [-0.15, -0.1) is 0 Å². The number of aliphatic hydroxyl groups is 7. The van der Waals surface area contributed by atoms with Crippen molar-refractivity contribution >= 4 is 5.97 Å². The van der Waals surface area contributed by atoms with Crippen LogP contribution in [0.15, 0.2) is 12.2 Å². The second kappa shape index (κ2) is 9.09. The minimum Gasteiger partial charge on any atom is -0.453 e. The Kier molecular flexibility index (Phi) is 7.50. The highest BCUT2D eigenvalue weighted by atomic mass is 16.8. The molecule has 0 aromatic rings. The second-order valence-corrected chi connectivity index (χ2v) is 6.72. The lowest BCUT2D eigenvalue weighted by Gasteiger charge is -2.44. The number of rotatable bonds is 7. The van der Waals surface area contributed by atoms with Gasteiger partial charge in [0, 0.05) is 5.57 Å². The van der Waals surface area contributed by atoms with Crippen molar-refractivity contribution in [1.82, 2.24) is 0 Å². The summed E-state index contributed by atoms with van der Waals surface area (Å²) in [5, 5.41) is 68.9. The van der Waals surface area contributed by atoms with Crippen LogP contribution in [0.2, 0.25) is 0 Å². The van der Waals surface area contributed by atoms with Crippen LogP contribution < -0.4 is 0 Å². The van der Waals surface area contributed by atoms with Crippen LogP contribution >= 0.6 is 0 Å². The zero-order valence-electron chi connectivity index (χ0n) is 15.1. The molecule has 0 aromatic carbocycles. The number of carbonyl (C=O) groups excluding carboxylic acids is 1. The van der Waals surface area contributed by atoms with Crippen molar-refractivity contribution in [3.63, 3.8) is 0 Å². The molecule has 12 heteroatoms. The number of hydrogen-bond acceptors (Lipinski definition) is 12. The summed E-state index contributed by atoms with van der Waals surface area (Å²) in [6.45, 7) is 2.31. The van der Waals surface area contributed by atoms with E-state index in [1.807, 2.05) is 0 Å². The summed E-state index contributed by atoms with van der Waals surface area (Å²) in [4.78, 5) is 11.7. The van der Waals surface area contributed by atoms with Gasteiger partial charge in [0.1, 0.15) is 43.2 Å². The van der Waals surface area contributed by atoms with Crippen LogP contribution in [-0.4, -0.2) is 116 Å². The van der Waals surface area contributed by atoms with Crippen LogP contribution in [0.1, 0.15) is 6.92 Å². The molecular weight excluding hydrogens is 384 g/mol. The first-order valence-electron chi connectivity index (χ1n) is 8.54. The smallest absolute Gasteiger partial charge is 0.333 e. The molecule has 0 spiro atoms. The first kappa shape index (κ1) is 23.1. The first-order valence-corrected chi connectivity index (χ1v) is 8.54. The van der Waals surface area contributed by atoms with Crippen LogP contribution in [0.4, 0.5) is 0 Å². The zero-order chi connectivity index (χ0) is 21.2. The number of esters is 1. The molecule has 12 nitrogen and oxygen atoms in total. The summed E-state index contributed by atoms with van der Waals surface area (Å²) in [6.07, 6.45) is -12.9. The SMILES string of the molecule is C=C(C)C(=O)O[C@H]1[C@H](O)[C@@H](O)[C@@H](OC2(CO)O[C@H](CO)[C@@H](O)[C@@H]2O)O[C@@H]1CO. The monoisotopic (exact) mass is 410 g/mol. The van der Waals surface area contributed by atoms with E-state index in [4.69, 9.17) is 18.9 Å². The minimum absolute atomic E-state index is 0.0162. The van der Waals surface area contributed by atoms with Gasteiger partial charge in [0.2, 0.25) is 5.79 Å². The van der Waals surface area contributed by atoms with Crippen molar-refractivity contribution in [2.75, 3.05) is 19.8 Å². The molecule has 2 aliphatic rings. The molecular formula is C16H26O12. The van der Waals surface area contributed by atoms with E-state index in [1.54, 1.807) is 0 Å². The van der Waals surface area contributed by atoms with Crippen LogP contribution in [0.25, 0.3) is 0 Å². The molecule has 0 amide bonds. The molecule has 1 unspecified atom stereocenters. The third kappa shape index (κ3) is 4.21. The molecule has 0 aliphatic carbocycles. The van der Waals surface area contributed by atoms with Gasteiger partial charge in [-0.2, -0.15) is 0 Å². The van der Waals surface area contributed by atoms with Gasteiger partial charge in [-0.1, -0.05) is 6.58 Å². The van der Waals surface area contributed by atoms with E-state index >= 15 is 0 Å². The molecule has 2 aliphatic heterocycles. The van der Waals surface area contributed by atoms with E-state index in [-0.39, 0.29) is 5.57 Å². The van der Waals surface area contributed by atoms with Gasteiger partial charge < -0.3 is 54.7 Å². The third-order valence-electron chi connectivity index (χ3n) is 4.63. The number of carbonyl (C=O) groups is 1. The molecule has 0 saturated carbocycles. The average Bonchev–Trinajstić information content (AvgIpc) is 2.92. The Morgan fingerprint density at radius 3 is 2.11 bits per heavy atom. The highest BCUT2D eigenvalue weighted by Crippen LogP contribution is 2.36. The molecule has 0 radical (unpaired) electrons. The van der Waals surface area contributed by atoms with Crippen molar-refractivity contribution in [2.45, 2.75) is 61.7 Å². The Hall–Kier alpha value is -1.19. The third-order valence-corrected chi connectivity index (χ3v) is 4.63. The Morgan fingerprint density at radius 2 is 1.64 bits per heavy atom. The Labute approximate surface area is 160 Å². The van der Waals surface area contributed by atoms with Gasteiger partial charge in [0.15, 0.2) is 12.4 Å². The summed E-state index contributed by atoms with van der Waals surface area (Å²) in [7, 11) is 0. The normalized spacial score (nSPS) is 43.7. The van der Waals surface area contributed by atoms with Crippen molar-refractivity contribution in [3.05, 3.63) is 12.2 Å². The maximum Gasteiger partial charge on any atom is 0.333 e. The molecule has 0 bridgehead atoms. The van der Waals surface area contributed by atoms with Crippen LogP contribution in [0, 0.1) is 0 Å². The van der Waals surface area contributed by atoms with E-state index in [0.717, 1.165) is 0 Å². The Bertz CT molecular complexity index is 568. The van der Waals surface area contributed by atoms with Crippen molar-refractivity contribution in [1.29, 1.82) is 0 Å². The van der Waals surface area contributed by atoms with Gasteiger partial charge in [0.05, 0.1) is 13.2 Å². The number of aliphatic hydroxyl groups excluding tert-OH is 7. The first-order chi connectivity index (χ1) is 13.1. The number of ether oxygens (including phenoxy) is 4. The molecule has 9 atom stereocenters. The van der Waals surface area contributed by atoms with Crippen molar-refractivity contribution < 1.29 is 59.5 Å². The summed E-state index contributed by atoms with van der Waals surface area (Å²) in [5.41, 5.74) is 0.0162. The Morgan fingerprint density at radius 1 is 1.04 bits per heavy atom. The van der Waals surface area contributed by atoms with Crippen molar-refractivity contribution in [2.24, 2.45) is 0 Å². The average molecular weight is 410 g/mol. The van der Waals surface area contributed by atoms with Gasteiger partial charge in [0.25, 0.3) is 0 Å². The molecule has 0 aromatic heterocycles. The molecule has 28 heavy (non-hydrogen) atoms. The van der Waals surface area contributed by atoms with Crippen molar-refractivity contribution in [3.8, 4) is 0 Å². The topological polar surface area (TPSA) is 196 Å².